The third-order valence-corrected chi connectivity index (χ3v) is 7.26. The van der Waals surface area contributed by atoms with Crippen LogP contribution >= 0.6 is 22.9 Å². The number of sulfone groups is 1. The fraction of sp³-hybridized carbons (Fsp3) is 0.444. The summed E-state index contributed by atoms with van der Waals surface area (Å²) in [7, 11) is -3.12. The van der Waals surface area contributed by atoms with E-state index in [0.29, 0.717) is 22.9 Å². The number of halogens is 1. The lowest BCUT2D eigenvalue weighted by Gasteiger charge is -2.19. The molecule has 1 saturated carbocycles. The van der Waals surface area contributed by atoms with E-state index < -0.39 is 9.84 Å². The Bertz CT molecular complexity index is 799. The molecule has 1 heterocycles. The molecule has 3 rings (SSSR count). The highest BCUT2D eigenvalue weighted by Gasteiger charge is 2.27. The van der Waals surface area contributed by atoms with Crippen molar-refractivity contribution in [3.8, 4) is 0 Å². The zero-order chi connectivity index (χ0) is 17.3. The lowest BCUT2D eigenvalue weighted by Crippen LogP contribution is -2.28. The number of benzene rings is 1. The molecule has 3 nitrogen and oxygen atoms in total. The van der Waals surface area contributed by atoms with Crippen molar-refractivity contribution in [1.29, 1.82) is 0 Å². The Labute approximate surface area is 153 Å². The molecule has 3 atom stereocenters. The molecule has 1 aliphatic carbocycles. The number of rotatable bonds is 5. The van der Waals surface area contributed by atoms with Crippen LogP contribution in [0.4, 0.5) is 0 Å². The minimum absolute atomic E-state index is 0.305. The quantitative estimate of drug-likeness (QED) is 0.807. The Kier molecular flexibility index (Phi) is 5.35. The summed E-state index contributed by atoms with van der Waals surface area (Å²) in [5, 5.41) is 3.70. The first kappa shape index (κ1) is 17.9. The molecule has 6 heteroatoms. The van der Waals surface area contributed by atoms with Gasteiger partial charge in [0.2, 0.25) is 0 Å². The second kappa shape index (κ2) is 7.16. The lowest BCUT2D eigenvalue weighted by molar-refractivity contribution is 0.461. The number of hydrogen-bond acceptors (Lipinski definition) is 4. The van der Waals surface area contributed by atoms with Crippen LogP contribution in [0.5, 0.6) is 0 Å². The minimum Gasteiger partial charge on any atom is -0.307 e. The van der Waals surface area contributed by atoms with Gasteiger partial charge in [-0.25, -0.2) is 8.42 Å². The van der Waals surface area contributed by atoms with Gasteiger partial charge in [0.25, 0.3) is 0 Å². The topological polar surface area (TPSA) is 46.2 Å². The van der Waals surface area contributed by atoms with Crippen LogP contribution in [0.3, 0.4) is 0 Å². The fourth-order valence-corrected chi connectivity index (χ4v) is 5.12. The van der Waals surface area contributed by atoms with Crippen LogP contribution in [0, 0.1) is 0 Å². The van der Waals surface area contributed by atoms with E-state index in [4.69, 9.17) is 11.6 Å². The van der Waals surface area contributed by atoms with Crippen molar-refractivity contribution in [3.05, 3.63) is 51.2 Å². The molecule has 0 aliphatic heterocycles. The molecule has 0 radical (unpaired) electrons. The van der Waals surface area contributed by atoms with Crippen molar-refractivity contribution >= 4 is 32.8 Å². The predicted octanol–water partition coefficient (Wildman–Crippen LogP) is 4.79. The summed E-state index contributed by atoms with van der Waals surface area (Å²) in [6.07, 6.45) is 4.60. The van der Waals surface area contributed by atoms with Crippen molar-refractivity contribution in [3.63, 3.8) is 0 Å². The first-order valence-electron chi connectivity index (χ1n) is 8.14. The predicted molar refractivity (Wildman–Crippen MR) is 101 cm³/mol. The zero-order valence-corrected chi connectivity index (χ0v) is 16.2. The summed E-state index contributed by atoms with van der Waals surface area (Å²) in [5.41, 5.74) is 1.23. The molecule has 1 aromatic heterocycles. The van der Waals surface area contributed by atoms with E-state index >= 15 is 0 Å². The number of nitrogens with one attached hydrogen (secondary N) is 1. The Hall–Kier alpha value is -0.880. The molecule has 1 fully saturated rings. The summed E-state index contributed by atoms with van der Waals surface area (Å²) in [5.74, 6) is 0.496. The monoisotopic (exact) mass is 383 g/mol. The second-order valence-electron chi connectivity index (χ2n) is 6.58. The van der Waals surface area contributed by atoms with Crippen molar-refractivity contribution in [2.45, 2.75) is 49.1 Å². The third kappa shape index (κ3) is 4.20. The zero-order valence-electron chi connectivity index (χ0n) is 13.8. The average Bonchev–Trinajstić information content (AvgIpc) is 3.16. The van der Waals surface area contributed by atoms with E-state index in [0.717, 1.165) is 23.6 Å². The maximum atomic E-state index is 11.6. The molecule has 0 saturated heterocycles. The highest BCUT2D eigenvalue weighted by molar-refractivity contribution is 7.90. The lowest BCUT2D eigenvalue weighted by atomic mass is 9.97. The maximum absolute atomic E-state index is 11.6. The van der Waals surface area contributed by atoms with Crippen molar-refractivity contribution in [1.82, 2.24) is 5.32 Å². The van der Waals surface area contributed by atoms with Crippen LogP contribution in [0.1, 0.15) is 48.6 Å². The van der Waals surface area contributed by atoms with E-state index in [-0.39, 0.29) is 0 Å². The normalized spacial score (nSPS) is 22.6. The summed E-state index contributed by atoms with van der Waals surface area (Å²) >= 11 is 7.64. The molecule has 1 aromatic carbocycles. The molecule has 0 amide bonds. The Morgan fingerprint density at radius 3 is 2.46 bits per heavy atom. The largest absolute Gasteiger partial charge is 0.307 e. The first-order valence-corrected chi connectivity index (χ1v) is 11.2. The van der Waals surface area contributed by atoms with Gasteiger partial charge in [0, 0.05) is 23.2 Å². The van der Waals surface area contributed by atoms with Gasteiger partial charge < -0.3 is 5.32 Å². The van der Waals surface area contributed by atoms with Gasteiger partial charge in [-0.1, -0.05) is 23.7 Å². The molecule has 130 valence electrons. The van der Waals surface area contributed by atoms with Gasteiger partial charge in [0.1, 0.15) is 0 Å². The molecule has 2 aromatic rings. The highest BCUT2D eigenvalue weighted by Crippen LogP contribution is 2.36. The van der Waals surface area contributed by atoms with E-state index in [1.54, 1.807) is 23.5 Å². The minimum atomic E-state index is -3.12. The SMILES string of the molecule is CC(NC1CCC(c2ccc(S(C)(=O)=O)cc2)C1)c1ccc(Cl)s1. The smallest absolute Gasteiger partial charge is 0.175 e. The molecular weight excluding hydrogens is 362 g/mol. The molecule has 0 spiro atoms. The Morgan fingerprint density at radius 1 is 1.17 bits per heavy atom. The van der Waals surface area contributed by atoms with Gasteiger partial charge in [0.15, 0.2) is 9.84 Å². The number of hydrogen-bond donors (Lipinski definition) is 1. The fourth-order valence-electron chi connectivity index (χ4n) is 3.42. The average molecular weight is 384 g/mol. The Balaban J connectivity index is 1.61. The third-order valence-electron chi connectivity index (χ3n) is 4.72. The van der Waals surface area contributed by atoms with E-state index in [1.165, 1.54) is 16.7 Å². The van der Waals surface area contributed by atoms with Crippen LogP contribution < -0.4 is 5.32 Å². The summed E-state index contributed by atoms with van der Waals surface area (Å²) < 4.78 is 23.9. The summed E-state index contributed by atoms with van der Waals surface area (Å²) in [4.78, 5) is 1.66. The van der Waals surface area contributed by atoms with Crippen molar-refractivity contribution in [2.75, 3.05) is 6.26 Å². The molecular formula is C18H22ClNO2S2. The number of thiophene rings is 1. The summed E-state index contributed by atoms with van der Waals surface area (Å²) in [6, 6.07) is 12.2. The van der Waals surface area contributed by atoms with Gasteiger partial charge in [0.05, 0.1) is 9.23 Å². The van der Waals surface area contributed by atoms with Crippen LogP contribution in [0.15, 0.2) is 41.3 Å². The molecule has 1 aliphatic rings. The molecule has 24 heavy (non-hydrogen) atoms. The van der Waals surface area contributed by atoms with Gasteiger partial charge in [-0.05, 0) is 61.9 Å². The van der Waals surface area contributed by atoms with Crippen LogP contribution in [0.25, 0.3) is 0 Å². The standard InChI is InChI=1S/C18H22ClNO2S2/c1-12(17-9-10-18(19)23-17)20-15-6-3-14(11-15)13-4-7-16(8-5-13)24(2,21)22/h4-5,7-10,12,14-15,20H,3,6,11H2,1-2H3. The first-order chi connectivity index (χ1) is 11.3. The van der Waals surface area contributed by atoms with Crippen LogP contribution in [-0.4, -0.2) is 20.7 Å². The van der Waals surface area contributed by atoms with E-state index in [9.17, 15) is 8.42 Å². The molecule has 0 bridgehead atoms. The molecule has 1 N–H and O–H groups in total. The second-order valence-corrected chi connectivity index (χ2v) is 10.3. The van der Waals surface area contributed by atoms with Crippen LogP contribution in [0.2, 0.25) is 4.34 Å². The van der Waals surface area contributed by atoms with Crippen molar-refractivity contribution in [2.24, 2.45) is 0 Å². The van der Waals surface area contributed by atoms with Gasteiger partial charge in [-0.2, -0.15) is 0 Å². The van der Waals surface area contributed by atoms with Gasteiger partial charge in [-0.3, -0.25) is 0 Å². The molecule has 3 unspecified atom stereocenters. The van der Waals surface area contributed by atoms with Gasteiger partial charge in [-0.15, -0.1) is 11.3 Å². The summed E-state index contributed by atoms with van der Waals surface area (Å²) in [6.45, 7) is 2.18. The maximum Gasteiger partial charge on any atom is 0.175 e. The van der Waals surface area contributed by atoms with Crippen LogP contribution in [-0.2, 0) is 9.84 Å². The Morgan fingerprint density at radius 2 is 1.88 bits per heavy atom. The van der Waals surface area contributed by atoms with Gasteiger partial charge >= 0.3 is 0 Å². The highest BCUT2D eigenvalue weighted by atomic mass is 35.5. The van der Waals surface area contributed by atoms with Crippen molar-refractivity contribution < 1.29 is 8.42 Å². The van der Waals surface area contributed by atoms with E-state index in [1.807, 2.05) is 18.2 Å². The van der Waals surface area contributed by atoms with E-state index in [2.05, 4.69) is 18.3 Å².